The van der Waals surface area contributed by atoms with Gasteiger partial charge in [0, 0.05) is 27.8 Å². The zero-order chi connectivity index (χ0) is 16.8. The molecule has 122 valence electrons. The monoisotopic (exact) mass is 365 g/mol. The van der Waals surface area contributed by atoms with Crippen LogP contribution >= 0.6 is 35.0 Å². The first-order valence-electron chi connectivity index (χ1n) is 6.60. The van der Waals surface area contributed by atoms with Gasteiger partial charge in [0.1, 0.15) is 0 Å². The lowest BCUT2D eigenvalue weighted by atomic mass is 9.97. The maximum absolute atomic E-state index is 9.10. The van der Waals surface area contributed by atoms with Gasteiger partial charge in [-0.2, -0.15) is 0 Å². The van der Waals surface area contributed by atoms with Crippen LogP contribution in [0.4, 0.5) is 0 Å². The first-order chi connectivity index (χ1) is 10.3. The zero-order valence-corrected chi connectivity index (χ0v) is 14.3. The third kappa shape index (κ3) is 5.68. The molecule has 0 aliphatic carbocycles. The third-order valence-corrected chi connectivity index (χ3v) is 5.16. The Kier molecular flexibility index (Phi) is 7.48. The van der Waals surface area contributed by atoms with E-state index < -0.39 is 11.9 Å². The Labute approximate surface area is 143 Å². The third-order valence-electron chi connectivity index (χ3n) is 3.00. The Balaban J connectivity index is 0.000000346. The topological polar surface area (TPSA) is 86.6 Å². The number of hydrogen-bond donors (Lipinski definition) is 3. The van der Waals surface area contributed by atoms with Crippen molar-refractivity contribution in [3.05, 3.63) is 28.2 Å². The molecule has 0 spiro atoms. The predicted octanol–water partition coefficient (Wildman–Crippen LogP) is 3.38. The van der Waals surface area contributed by atoms with Gasteiger partial charge in [-0.05, 0) is 24.6 Å². The summed E-state index contributed by atoms with van der Waals surface area (Å²) in [5.74, 6) is -3.65. The molecule has 0 amide bonds. The first kappa shape index (κ1) is 19.1. The summed E-state index contributed by atoms with van der Waals surface area (Å²) < 4.78 is 0.322. The molecule has 1 heterocycles. The van der Waals surface area contributed by atoms with Crippen LogP contribution < -0.4 is 5.32 Å². The van der Waals surface area contributed by atoms with Crippen LogP contribution in [0.3, 0.4) is 0 Å². The molecule has 0 radical (unpaired) electrons. The molecule has 0 aromatic heterocycles. The Bertz CT molecular complexity index is 538. The molecule has 3 N–H and O–H groups in total. The number of benzene rings is 1. The summed E-state index contributed by atoms with van der Waals surface area (Å²) in [6.45, 7) is 4.35. The Hall–Kier alpha value is -0.950. The molecule has 22 heavy (non-hydrogen) atoms. The van der Waals surface area contributed by atoms with E-state index in [0.29, 0.717) is 4.75 Å². The number of rotatable bonds is 4. The number of aliphatic carboxylic acids is 2. The number of halogens is 2. The molecule has 8 heteroatoms. The smallest absolute Gasteiger partial charge is 0.414 e. The normalized spacial score (nSPS) is 15.2. The van der Waals surface area contributed by atoms with Gasteiger partial charge in [-0.25, -0.2) is 9.59 Å². The molecule has 1 aromatic rings. The van der Waals surface area contributed by atoms with E-state index in [-0.39, 0.29) is 0 Å². The summed E-state index contributed by atoms with van der Waals surface area (Å²) in [7, 11) is 0. The molecule has 0 unspecified atom stereocenters. The first-order valence-corrected chi connectivity index (χ1v) is 8.18. The second-order valence-electron chi connectivity index (χ2n) is 4.82. The second-order valence-corrected chi connectivity index (χ2v) is 7.18. The van der Waals surface area contributed by atoms with Gasteiger partial charge in [0.05, 0.1) is 5.02 Å². The van der Waals surface area contributed by atoms with E-state index in [1.165, 1.54) is 12.8 Å². The van der Waals surface area contributed by atoms with Crippen LogP contribution in [0.15, 0.2) is 23.1 Å². The number of hydrogen-bond acceptors (Lipinski definition) is 4. The minimum Gasteiger partial charge on any atom is -0.473 e. The summed E-state index contributed by atoms with van der Waals surface area (Å²) in [5.41, 5.74) is 0. The predicted molar refractivity (Wildman–Crippen MR) is 88.1 cm³/mol. The maximum Gasteiger partial charge on any atom is 0.414 e. The van der Waals surface area contributed by atoms with E-state index in [4.69, 9.17) is 43.0 Å². The van der Waals surface area contributed by atoms with Crippen LogP contribution in [-0.4, -0.2) is 40.0 Å². The van der Waals surface area contributed by atoms with Crippen molar-refractivity contribution >= 4 is 46.9 Å². The highest BCUT2D eigenvalue weighted by Gasteiger charge is 2.37. The van der Waals surface area contributed by atoms with Gasteiger partial charge in [0.15, 0.2) is 0 Å². The standard InChI is InChI=1S/C12H15Cl2NS.C2H2O4/c1-2-5-12(7-15-8-12)16-11-6-9(13)3-4-10(11)14;3-1(4)2(5)6/h3-4,6,15H,2,5,7-8H2,1H3;(H,3,4)(H,5,6). The van der Waals surface area contributed by atoms with E-state index in [2.05, 4.69) is 12.2 Å². The summed E-state index contributed by atoms with van der Waals surface area (Å²) >= 11 is 14.0. The summed E-state index contributed by atoms with van der Waals surface area (Å²) in [5, 5.41) is 19.7. The number of nitrogens with one attached hydrogen (secondary N) is 1. The van der Waals surface area contributed by atoms with Crippen LogP contribution in [0.5, 0.6) is 0 Å². The molecule has 5 nitrogen and oxygen atoms in total. The highest BCUT2D eigenvalue weighted by atomic mass is 35.5. The number of carboxylic acids is 2. The fourth-order valence-electron chi connectivity index (χ4n) is 1.95. The summed E-state index contributed by atoms with van der Waals surface area (Å²) in [4.78, 5) is 19.3. The van der Waals surface area contributed by atoms with Crippen molar-refractivity contribution in [1.29, 1.82) is 0 Å². The molecule has 2 rings (SSSR count). The minimum atomic E-state index is -1.82. The Morgan fingerprint density at radius 2 is 1.86 bits per heavy atom. The van der Waals surface area contributed by atoms with Gasteiger partial charge < -0.3 is 15.5 Å². The molecule has 0 bridgehead atoms. The molecule has 1 saturated heterocycles. The van der Waals surface area contributed by atoms with Gasteiger partial charge in [-0.15, -0.1) is 11.8 Å². The molecule has 0 saturated carbocycles. The van der Waals surface area contributed by atoms with E-state index >= 15 is 0 Å². The van der Waals surface area contributed by atoms with Crippen molar-refractivity contribution in [2.45, 2.75) is 29.4 Å². The SMILES string of the molecule is CCCC1(Sc2cc(Cl)ccc2Cl)CNC1.O=C(O)C(=O)O. The van der Waals surface area contributed by atoms with Crippen LogP contribution in [-0.2, 0) is 9.59 Å². The van der Waals surface area contributed by atoms with Crippen LogP contribution in [0.1, 0.15) is 19.8 Å². The lowest BCUT2D eigenvalue weighted by Gasteiger charge is -2.42. The Morgan fingerprint density at radius 1 is 1.27 bits per heavy atom. The van der Waals surface area contributed by atoms with Crippen molar-refractivity contribution in [2.24, 2.45) is 0 Å². The molecular weight excluding hydrogens is 349 g/mol. The van der Waals surface area contributed by atoms with Gasteiger partial charge >= 0.3 is 11.9 Å². The zero-order valence-electron chi connectivity index (χ0n) is 11.9. The molecular formula is C14H17Cl2NO4S. The van der Waals surface area contributed by atoms with Crippen molar-refractivity contribution in [3.63, 3.8) is 0 Å². The quantitative estimate of drug-likeness (QED) is 0.709. The largest absolute Gasteiger partial charge is 0.473 e. The van der Waals surface area contributed by atoms with Crippen molar-refractivity contribution in [1.82, 2.24) is 5.32 Å². The average molecular weight is 366 g/mol. The van der Waals surface area contributed by atoms with Gasteiger partial charge in [-0.1, -0.05) is 36.5 Å². The lowest BCUT2D eigenvalue weighted by Crippen LogP contribution is -2.56. The lowest BCUT2D eigenvalue weighted by molar-refractivity contribution is -0.159. The summed E-state index contributed by atoms with van der Waals surface area (Å²) in [6, 6.07) is 5.67. The van der Waals surface area contributed by atoms with Gasteiger partial charge in [-0.3, -0.25) is 0 Å². The van der Waals surface area contributed by atoms with Crippen LogP contribution in [0.25, 0.3) is 0 Å². The highest BCUT2D eigenvalue weighted by molar-refractivity contribution is 8.01. The number of carboxylic acid groups (broad SMARTS) is 2. The van der Waals surface area contributed by atoms with Crippen molar-refractivity contribution < 1.29 is 19.8 Å². The fourth-order valence-corrected chi connectivity index (χ4v) is 3.89. The average Bonchev–Trinajstić information content (AvgIpc) is 2.41. The van der Waals surface area contributed by atoms with E-state index in [9.17, 15) is 0 Å². The fraction of sp³-hybridized carbons (Fsp3) is 0.429. The van der Waals surface area contributed by atoms with Crippen molar-refractivity contribution in [3.8, 4) is 0 Å². The molecule has 0 atom stereocenters. The van der Waals surface area contributed by atoms with Gasteiger partial charge in [0.2, 0.25) is 0 Å². The molecule has 1 aliphatic rings. The van der Waals surface area contributed by atoms with Crippen LogP contribution in [0.2, 0.25) is 10.0 Å². The molecule has 1 aromatic carbocycles. The highest BCUT2D eigenvalue weighted by Crippen LogP contribution is 2.43. The number of carbonyl (C=O) groups is 2. The van der Waals surface area contributed by atoms with Crippen molar-refractivity contribution in [2.75, 3.05) is 13.1 Å². The Morgan fingerprint density at radius 3 is 2.27 bits per heavy atom. The maximum atomic E-state index is 9.10. The molecule has 1 aliphatic heterocycles. The molecule has 1 fully saturated rings. The van der Waals surface area contributed by atoms with Crippen LogP contribution in [0, 0.1) is 0 Å². The van der Waals surface area contributed by atoms with E-state index in [1.54, 1.807) is 0 Å². The van der Waals surface area contributed by atoms with Gasteiger partial charge in [0.25, 0.3) is 0 Å². The van der Waals surface area contributed by atoms with E-state index in [1.807, 2.05) is 30.0 Å². The van der Waals surface area contributed by atoms with E-state index in [0.717, 1.165) is 28.0 Å². The summed E-state index contributed by atoms with van der Waals surface area (Å²) in [6.07, 6.45) is 2.42. The second kappa shape index (κ2) is 8.62. The number of thioether (sulfide) groups is 1. The minimum absolute atomic E-state index is 0.322.